The predicted molar refractivity (Wildman–Crippen MR) is 99.7 cm³/mol. The number of hydrogen-bond donors (Lipinski definition) is 1. The number of methoxy groups -OCH3 is 2. The van der Waals surface area contributed by atoms with Gasteiger partial charge >= 0.3 is 0 Å². The van der Waals surface area contributed by atoms with Gasteiger partial charge in [0.05, 0.1) is 25.2 Å². The summed E-state index contributed by atoms with van der Waals surface area (Å²) < 4.78 is 10.2. The number of nitrogens with one attached hydrogen (secondary N) is 1. The molecule has 0 aromatic heterocycles. The van der Waals surface area contributed by atoms with E-state index >= 15 is 0 Å². The van der Waals surface area contributed by atoms with Crippen molar-refractivity contribution in [2.75, 3.05) is 31.5 Å². The number of nitrogens with zero attached hydrogens (tertiary/aromatic N) is 2. The number of carbonyl (C=O) groups excluding carboxylic acids is 2. The number of hydrogen-bond acceptors (Lipinski definition) is 6. The average Bonchev–Trinajstić information content (AvgIpc) is 2.66. The summed E-state index contributed by atoms with van der Waals surface area (Å²) in [5.74, 6) is -0.452. The lowest BCUT2D eigenvalue weighted by Crippen LogP contribution is -2.22. The Morgan fingerprint density at radius 2 is 1.63 bits per heavy atom. The highest BCUT2D eigenvalue weighted by Gasteiger charge is 2.24. The third-order valence-electron chi connectivity index (χ3n) is 3.93. The zero-order valence-corrected chi connectivity index (χ0v) is 15.3. The Morgan fingerprint density at radius 1 is 1.07 bits per heavy atom. The molecule has 0 atom stereocenters. The van der Waals surface area contributed by atoms with Crippen LogP contribution in [0.3, 0.4) is 0 Å². The number of benzene rings is 2. The standard InChI is InChI=1S/C18H19N3O6/c1-11(22)20(2)13-7-5-12(6-8-13)19-18(23)14-9-16(26-3)17(27-4)10-15(14)21(24)25/h5-10H,1-4H3,(H,19,23). The van der Waals surface area contributed by atoms with E-state index < -0.39 is 16.5 Å². The van der Waals surface area contributed by atoms with Crippen LogP contribution in [-0.4, -0.2) is 38.0 Å². The summed E-state index contributed by atoms with van der Waals surface area (Å²) in [6.45, 7) is 1.44. The van der Waals surface area contributed by atoms with Crippen LogP contribution in [0, 0.1) is 10.1 Å². The molecule has 0 fully saturated rings. The van der Waals surface area contributed by atoms with Gasteiger partial charge in [-0.05, 0) is 24.3 Å². The highest BCUT2D eigenvalue weighted by atomic mass is 16.6. The summed E-state index contributed by atoms with van der Waals surface area (Å²) in [7, 11) is 4.35. The molecule has 142 valence electrons. The molecule has 0 aliphatic carbocycles. The Hall–Kier alpha value is -3.62. The molecular formula is C18H19N3O6. The third kappa shape index (κ3) is 4.32. The minimum Gasteiger partial charge on any atom is -0.493 e. The van der Waals surface area contributed by atoms with Gasteiger partial charge in [0.1, 0.15) is 5.56 Å². The number of nitro benzene ring substituents is 1. The molecule has 0 bridgehead atoms. The molecule has 1 N–H and O–H groups in total. The van der Waals surface area contributed by atoms with E-state index in [2.05, 4.69) is 5.32 Å². The van der Waals surface area contributed by atoms with Crippen LogP contribution >= 0.6 is 0 Å². The molecule has 0 saturated carbocycles. The number of nitro groups is 1. The second kappa shape index (κ2) is 8.17. The van der Waals surface area contributed by atoms with Gasteiger partial charge in [0.15, 0.2) is 11.5 Å². The largest absolute Gasteiger partial charge is 0.493 e. The number of ether oxygens (including phenoxy) is 2. The molecule has 9 heteroatoms. The second-order valence-corrected chi connectivity index (χ2v) is 5.56. The van der Waals surface area contributed by atoms with E-state index in [1.165, 1.54) is 32.1 Å². The zero-order chi connectivity index (χ0) is 20.1. The van der Waals surface area contributed by atoms with E-state index in [1.54, 1.807) is 31.3 Å². The fraction of sp³-hybridized carbons (Fsp3) is 0.222. The van der Waals surface area contributed by atoms with Gasteiger partial charge in [-0.15, -0.1) is 0 Å². The monoisotopic (exact) mass is 373 g/mol. The maximum Gasteiger partial charge on any atom is 0.286 e. The molecule has 0 aliphatic heterocycles. The Kier molecular flexibility index (Phi) is 5.96. The van der Waals surface area contributed by atoms with Crippen LogP contribution in [0.15, 0.2) is 36.4 Å². The zero-order valence-electron chi connectivity index (χ0n) is 15.3. The Labute approximate surface area is 155 Å². The van der Waals surface area contributed by atoms with Gasteiger partial charge in [-0.2, -0.15) is 0 Å². The van der Waals surface area contributed by atoms with E-state index in [4.69, 9.17) is 9.47 Å². The minimum atomic E-state index is -0.671. The first-order valence-electron chi connectivity index (χ1n) is 7.84. The van der Waals surface area contributed by atoms with E-state index in [1.807, 2.05) is 0 Å². The number of rotatable bonds is 6. The highest BCUT2D eigenvalue weighted by Crippen LogP contribution is 2.34. The summed E-state index contributed by atoms with van der Waals surface area (Å²) in [5.41, 5.74) is 0.503. The first-order valence-corrected chi connectivity index (χ1v) is 7.84. The molecule has 9 nitrogen and oxygen atoms in total. The first kappa shape index (κ1) is 19.7. The van der Waals surface area contributed by atoms with Gasteiger partial charge in [0, 0.05) is 31.4 Å². The lowest BCUT2D eigenvalue weighted by molar-refractivity contribution is -0.385. The van der Waals surface area contributed by atoms with Crippen molar-refractivity contribution in [3.63, 3.8) is 0 Å². The van der Waals surface area contributed by atoms with E-state index in [9.17, 15) is 19.7 Å². The van der Waals surface area contributed by atoms with Gasteiger partial charge in [0.2, 0.25) is 5.91 Å². The van der Waals surface area contributed by atoms with Crippen molar-refractivity contribution < 1.29 is 24.0 Å². The summed E-state index contributed by atoms with van der Waals surface area (Å²) >= 11 is 0. The molecule has 2 aromatic rings. The van der Waals surface area contributed by atoms with E-state index in [0.717, 1.165) is 6.07 Å². The van der Waals surface area contributed by atoms with Crippen molar-refractivity contribution in [2.45, 2.75) is 6.92 Å². The topological polar surface area (TPSA) is 111 Å². The molecule has 2 rings (SSSR count). The summed E-state index contributed by atoms with van der Waals surface area (Å²) in [4.78, 5) is 36.0. The molecule has 2 aromatic carbocycles. The first-order chi connectivity index (χ1) is 12.8. The lowest BCUT2D eigenvalue weighted by Gasteiger charge is -2.15. The van der Waals surface area contributed by atoms with Crippen LogP contribution in [0.5, 0.6) is 11.5 Å². The van der Waals surface area contributed by atoms with Crippen molar-refractivity contribution in [2.24, 2.45) is 0 Å². The third-order valence-corrected chi connectivity index (χ3v) is 3.93. The SMILES string of the molecule is COc1cc(C(=O)Nc2ccc(N(C)C(C)=O)cc2)c([N+](=O)[O-])cc1OC. The van der Waals surface area contributed by atoms with Gasteiger partial charge in [0.25, 0.3) is 11.6 Å². The van der Waals surface area contributed by atoms with Gasteiger partial charge in [-0.1, -0.05) is 0 Å². The molecule has 0 aliphatic rings. The van der Waals surface area contributed by atoms with Crippen LogP contribution in [0.4, 0.5) is 17.1 Å². The Balaban J connectivity index is 2.32. The Morgan fingerprint density at radius 3 is 2.11 bits per heavy atom. The lowest BCUT2D eigenvalue weighted by atomic mass is 10.1. The maximum absolute atomic E-state index is 12.6. The summed E-state index contributed by atoms with van der Waals surface area (Å²) in [5, 5.41) is 13.9. The van der Waals surface area contributed by atoms with Crippen LogP contribution < -0.4 is 19.7 Å². The number of carbonyl (C=O) groups is 2. The van der Waals surface area contributed by atoms with E-state index in [-0.39, 0.29) is 23.0 Å². The molecule has 0 spiro atoms. The van der Waals surface area contributed by atoms with Gasteiger partial charge in [-0.3, -0.25) is 19.7 Å². The van der Waals surface area contributed by atoms with Crippen LogP contribution in [0.25, 0.3) is 0 Å². The van der Waals surface area contributed by atoms with Gasteiger partial charge < -0.3 is 19.7 Å². The normalized spacial score (nSPS) is 10.1. The van der Waals surface area contributed by atoms with Crippen LogP contribution in [-0.2, 0) is 4.79 Å². The summed E-state index contributed by atoms with van der Waals surface area (Å²) in [6, 6.07) is 8.89. The molecule has 0 radical (unpaired) electrons. The maximum atomic E-state index is 12.6. The van der Waals surface area contributed by atoms with Gasteiger partial charge in [-0.25, -0.2) is 0 Å². The average molecular weight is 373 g/mol. The Bertz CT molecular complexity index is 879. The molecule has 0 heterocycles. The molecule has 27 heavy (non-hydrogen) atoms. The number of anilines is 2. The van der Waals surface area contributed by atoms with Crippen LogP contribution in [0.1, 0.15) is 17.3 Å². The molecular weight excluding hydrogens is 354 g/mol. The van der Waals surface area contributed by atoms with Crippen molar-refractivity contribution >= 4 is 28.9 Å². The van der Waals surface area contributed by atoms with Crippen molar-refractivity contribution in [3.05, 3.63) is 52.1 Å². The minimum absolute atomic E-state index is 0.132. The fourth-order valence-corrected chi connectivity index (χ4v) is 2.35. The number of amides is 2. The highest BCUT2D eigenvalue weighted by molar-refractivity contribution is 6.07. The van der Waals surface area contributed by atoms with Crippen LogP contribution in [0.2, 0.25) is 0 Å². The predicted octanol–water partition coefficient (Wildman–Crippen LogP) is 2.85. The van der Waals surface area contributed by atoms with E-state index in [0.29, 0.717) is 11.4 Å². The smallest absolute Gasteiger partial charge is 0.286 e. The fourth-order valence-electron chi connectivity index (χ4n) is 2.35. The quantitative estimate of drug-likeness (QED) is 0.616. The molecule has 2 amide bonds. The second-order valence-electron chi connectivity index (χ2n) is 5.56. The van der Waals surface area contributed by atoms with Crippen molar-refractivity contribution in [3.8, 4) is 11.5 Å². The van der Waals surface area contributed by atoms with Crippen molar-refractivity contribution in [1.29, 1.82) is 0 Å². The molecule has 0 unspecified atom stereocenters. The van der Waals surface area contributed by atoms with Crippen molar-refractivity contribution in [1.82, 2.24) is 0 Å². The summed E-state index contributed by atoms with van der Waals surface area (Å²) in [6.07, 6.45) is 0. The molecule has 0 saturated heterocycles.